The Morgan fingerprint density at radius 2 is 1.93 bits per heavy atom. The summed E-state index contributed by atoms with van der Waals surface area (Å²) in [6.07, 6.45) is 9.38. The molecule has 0 aliphatic carbocycles. The van der Waals surface area contributed by atoms with Crippen LogP contribution in [0.4, 0.5) is 4.79 Å². The van der Waals surface area contributed by atoms with E-state index in [1.807, 2.05) is 24.3 Å². The fourth-order valence-electron chi connectivity index (χ4n) is 3.62. The number of hydrogen-bond donors (Lipinski definition) is 1. The lowest BCUT2D eigenvalue weighted by molar-refractivity contribution is -0.645. The first-order chi connectivity index (χ1) is 14.6. The van der Waals surface area contributed by atoms with E-state index in [0.717, 1.165) is 35.6 Å². The van der Waals surface area contributed by atoms with Gasteiger partial charge in [-0.2, -0.15) is 9.79 Å². The van der Waals surface area contributed by atoms with Gasteiger partial charge in [-0.15, -0.1) is 14.7 Å². The summed E-state index contributed by atoms with van der Waals surface area (Å²) < 4.78 is 6.94. The van der Waals surface area contributed by atoms with E-state index >= 15 is 0 Å². The van der Waals surface area contributed by atoms with E-state index in [2.05, 4.69) is 26.7 Å². The quantitative estimate of drug-likeness (QED) is 0.708. The largest absolute Gasteiger partial charge is 0.529 e. The number of aromatic nitrogens is 3. The molecular weight excluding hydrogens is 382 g/mol. The van der Waals surface area contributed by atoms with Crippen LogP contribution in [-0.4, -0.2) is 43.4 Å². The number of ether oxygens (including phenoxy) is 1. The number of nitrogens with zero attached hydrogens (tertiary/aromatic N) is 5. The Hall–Kier alpha value is -3.36. The average Bonchev–Trinajstić information content (AvgIpc) is 3.32. The van der Waals surface area contributed by atoms with Crippen molar-refractivity contribution in [3.05, 3.63) is 77.7 Å². The molecule has 2 aliphatic rings. The smallest absolute Gasteiger partial charge is 0.434 e. The third-order valence-corrected chi connectivity index (χ3v) is 5.18. The monoisotopic (exact) mass is 406 g/mol. The molecule has 0 radical (unpaired) electrons. The minimum Gasteiger partial charge on any atom is -0.434 e. The van der Waals surface area contributed by atoms with E-state index in [1.165, 1.54) is 0 Å². The number of rotatable bonds is 7. The highest BCUT2D eigenvalue weighted by atomic mass is 16.5. The van der Waals surface area contributed by atoms with Gasteiger partial charge in [0.05, 0.1) is 6.54 Å². The van der Waals surface area contributed by atoms with Crippen LogP contribution in [0.15, 0.2) is 59.9 Å². The third-order valence-electron chi connectivity index (χ3n) is 5.18. The molecule has 0 bridgehead atoms. The van der Waals surface area contributed by atoms with Gasteiger partial charge in [0.15, 0.2) is 5.82 Å². The number of benzene rings is 1. The normalized spacial score (nSPS) is 19.5. The molecule has 1 amide bonds. The molecule has 0 spiro atoms. The molecule has 8 heteroatoms. The molecule has 0 fully saturated rings. The van der Waals surface area contributed by atoms with Gasteiger partial charge in [0.1, 0.15) is 30.5 Å². The van der Waals surface area contributed by atoms with Crippen LogP contribution >= 0.6 is 0 Å². The minimum atomic E-state index is -0.984. The first-order valence-electron chi connectivity index (χ1n) is 9.86. The molecule has 1 aromatic heterocycles. The minimum absolute atomic E-state index is 0.408. The zero-order valence-corrected chi connectivity index (χ0v) is 17.0. The predicted molar refractivity (Wildman–Crippen MR) is 112 cm³/mol. The van der Waals surface area contributed by atoms with Crippen molar-refractivity contribution >= 4 is 17.6 Å². The molecule has 154 valence electrons. The molecule has 3 heterocycles. The van der Waals surface area contributed by atoms with Crippen molar-refractivity contribution in [2.45, 2.75) is 32.9 Å². The van der Waals surface area contributed by atoms with Crippen molar-refractivity contribution < 1.29 is 19.1 Å². The summed E-state index contributed by atoms with van der Waals surface area (Å²) >= 11 is 0. The van der Waals surface area contributed by atoms with E-state index in [9.17, 15) is 9.90 Å². The van der Waals surface area contributed by atoms with Crippen LogP contribution in [0, 0.1) is 0 Å². The number of methoxy groups -OCH3 is 1. The number of amides is 1. The first-order valence-corrected chi connectivity index (χ1v) is 9.86. The zero-order chi connectivity index (χ0) is 21.1. The van der Waals surface area contributed by atoms with Crippen molar-refractivity contribution in [2.75, 3.05) is 7.11 Å². The van der Waals surface area contributed by atoms with Crippen LogP contribution < -0.4 is 0 Å². The second-order valence-corrected chi connectivity index (χ2v) is 7.24. The first kappa shape index (κ1) is 19.9. The summed E-state index contributed by atoms with van der Waals surface area (Å²) in [6, 6.07) is 7.98. The van der Waals surface area contributed by atoms with Crippen LogP contribution in [-0.2, 0) is 24.3 Å². The van der Waals surface area contributed by atoms with Gasteiger partial charge in [-0.1, -0.05) is 31.2 Å². The number of fused-ring (bicyclic) bond motifs is 1. The Labute approximate surface area is 174 Å². The summed E-state index contributed by atoms with van der Waals surface area (Å²) in [6.45, 7) is 3.18. The summed E-state index contributed by atoms with van der Waals surface area (Å²) in [7, 11) is 1.65. The molecule has 2 aliphatic heterocycles. The second-order valence-electron chi connectivity index (χ2n) is 7.24. The molecule has 1 unspecified atom stereocenters. The summed E-state index contributed by atoms with van der Waals surface area (Å²) in [5, 5.41) is 18.3. The number of aliphatic imine (C=N–C) groups is 1. The van der Waals surface area contributed by atoms with Crippen LogP contribution in [0.1, 0.15) is 36.1 Å². The summed E-state index contributed by atoms with van der Waals surface area (Å²) in [5.74, 6) is 2.22. The van der Waals surface area contributed by atoms with Gasteiger partial charge < -0.3 is 14.4 Å². The van der Waals surface area contributed by atoms with E-state index < -0.39 is 10.6 Å². The van der Waals surface area contributed by atoms with Crippen molar-refractivity contribution in [3.63, 3.8) is 0 Å². The van der Waals surface area contributed by atoms with Crippen LogP contribution in [0.2, 0.25) is 0 Å². The summed E-state index contributed by atoms with van der Waals surface area (Å²) in [5.41, 5.74) is 2.61. The fraction of sp³-hybridized carbons (Fsp3) is 0.273. The van der Waals surface area contributed by atoms with Crippen LogP contribution in [0.25, 0.3) is 5.70 Å². The Bertz CT molecular complexity index is 1060. The molecule has 1 N–H and O–H groups in total. The molecule has 8 nitrogen and oxygen atoms in total. The molecular formula is C22H24N5O3+. The SMILES string of the molecule is CCCc1nnc(COC)n1Cc1ccc(C2=C[N+]3(C(=O)O)C=CC=CC3=N2)cc1. The summed E-state index contributed by atoms with van der Waals surface area (Å²) in [4.78, 5) is 16.4. The van der Waals surface area contributed by atoms with Gasteiger partial charge in [0.25, 0.3) is 0 Å². The van der Waals surface area contributed by atoms with Gasteiger partial charge in [-0.05, 0) is 24.1 Å². The standard InChI is InChI=1S/C22H23N5O3/c1-3-6-19-24-25-20(15-30-2)26(19)13-16-8-10-17(11-9-16)18-14-27(22(28)29)12-5-4-7-21(27)23-18/h4-5,7-12,14H,3,6,13,15H2,1-2H3/p+1. The maximum Gasteiger partial charge on any atom is 0.529 e. The lowest BCUT2D eigenvalue weighted by Crippen LogP contribution is -2.45. The van der Waals surface area contributed by atoms with Gasteiger partial charge in [-0.3, -0.25) is 0 Å². The molecule has 30 heavy (non-hydrogen) atoms. The highest BCUT2D eigenvalue weighted by Crippen LogP contribution is 2.32. The highest BCUT2D eigenvalue weighted by molar-refractivity contribution is 6.01. The van der Waals surface area contributed by atoms with Crippen molar-refractivity contribution in [2.24, 2.45) is 4.99 Å². The number of amidine groups is 1. The Kier molecular flexibility index (Phi) is 5.43. The molecule has 0 saturated carbocycles. The number of hydrogen-bond acceptors (Lipinski definition) is 5. The van der Waals surface area contributed by atoms with E-state index in [1.54, 1.807) is 37.7 Å². The maximum absolute atomic E-state index is 11.9. The lowest BCUT2D eigenvalue weighted by atomic mass is 10.1. The van der Waals surface area contributed by atoms with Crippen LogP contribution in [0.3, 0.4) is 0 Å². The van der Waals surface area contributed by atoms with Gasteiger partial charge in [0.2, 0.25) is 5.84 Å². The van der Waals surface area contributed by atoms with Crippen molar-refractivity contribution in [1.82, 2.24) is 14.8 Å². The number of carbonyl (C=O) groups is 1. The molecule has 1 atom stereocenters. The topological polar surface area (TPSA) is 89.6 Å². The van der Waals surface area contributed by atoms with Crippen molar-refractivity contribution in [1.29, 1.82) is 0 Å². The van der Waals surface area contributed by atoms with Gasteiger partial charge in [-0.25, -0.2) is 0 Å². The maximum atomic E-state index is 11.9. The Morgan fingerprint density at radius 1 is 1.17 bits per heavy atom. The van der Waals surface area contributed by atoms with Crippen LogP contribution in [0.5, 0.6) is 0 Å². The van der Waals surface area contributed by atoms with E-state index in [4.69, 9.17) is 4.74 Å². The lowest BCUT2D eigenvalue weighted by Gasteiger charge is -2.20. The number of carboxylic acid groups (broad SMARTS) is 1. The fourth-order valence-corrected chi connectivity index (χ4v) is 3.62. The molecule has 4 rings (SSSR count). The molecule has 2 aromatic rings. The highest BCUT2D eigenvalue weighted by Gasteiger charge is 2.44. The van der Waals surface area contributed by atoms with E-state index in [0.29, 0.717) is 24.7 Å². The number of allylic oxidation sites excluding steroid dienone is 2. The number of quaternary nitrogens is 1. The average molecular weight is 406 g/mol. The Morgan fingerprint density at radius 3 is 2.60 bits per heavy atom. The van der Waals surface area contributed by atoms with Gasteiger partial charge in [0, 0.05) is 25.2 Å². The zero-order valence-electron chi connectivity index (χ0n) is 17.0. The predicted octanol–water partition coefficient (Wildman–Crippen LogP) is 3.71. The van der Waals surface area contributed by atoms with Gasteiger partial charge >= 0.3 is 6.09 Å². The van der Waals surface area contributed by atoms with E-state index in [-0.39, 0.29) is 0 Å². The molecule has 1 aromatic carbocycles. The number of aryl methyl sites for hydroxylation is 1. The Balaban J connectivity index is 1.59. The molecule has 0 saturated heterocycles. The second kappa shape index (κ2) is 8.17. The third kappa shape index (κ3) is 3.51. The van der Waals surface area contributed by atoms with Crippen molar-refractivity contribution in [3.8, 4) is 0 Å².